The van der Waals surface area contributed by atoms with Gasteiger partial charge in [-0.2, -0.15) is 0 Å². The van der Waals surface area contributed by atoms with Gasteiger partial charge in [0.15, 0.2) is 17.3 Å². The number of aliphatic hydroxyl groups is 8. The molecule has 234 valence electrons. The number of carbonyl (C=O) groups is 1. The summed E-state index contributed by atoms with van der Waals surface area (Å²) in [5.41, 5.74) is 0.0491. The van der Waals surface area contributed by atoms with E-state index in [1.165, 1.54) is 30.3 Å². The smallest absolute Gasteiger partial charge is 0.235 e. The Morgan fingerprint density at radius 3 is 1.86 bits per heavy atom. The van der Waals surface area contributed by atoms with E-state index in [1.54, 1.807) is 0 Å². The standard InChI is InChI=1S/C27H30O16/c28-7-16-20(33)22(35)24(37)26(42-16)39-10-5-13-18(19(32)15(40-13)4-9-1-2-11(30)12(31)3-9)14(6-10)41-27-25(38)23(36)21(34)17(8-29)43-27/h1-6,16-17,20-31,33-38H,7-8H2/b15-4+/t16-,17-,20-,21-,22+,23+,24-,25-,26-,27-/m1/s1. The Bertz CT molecular complexity index is 1370. The summed E-state index contributed by atoms with van der Waals surface area (Å²) in [5.74, 6) is -2.58. The van der Waals surface area contributed by atoms with E-state index in [0.29, 0.717) is 0 Å². The normalized spacial score (nSPS) is 35.0. The van der Waals surface area contributed by atoms with E-state index < -0.39 is 91.9 Å². The van der Waals surface area contributed by atoms with E-state index in [1.807, 2.05) is 0 Å². The first-order chi connectivity index (χ1) is 20.4. The van der Waals surface area contributed by atoms with Crippen LogP contribution in [0.1, 0.15) is 15.9 Å². The minimum Gasteiger partial charge on any atom is -0.504 e. The summed E-state index contributed by atoms with van der Waals surface area (Å²) in [7, 11) is 0. The number of rotatable bonds is 7. The number of phenolic OH excluding ortho intramolecular Hbond substituents is 2. The molecule has 0 spiro atoms. The first kappa shape index (κ1) is 30.9. The Hall–Kier alpha value is -3.55. The van der Waals surface area contributed by atoms with Gasteiger partial charge in [0.1, 0.15) is 71.6 Å². The highest BCUT2D eigenvalue weighted by molar-refractivity contribution is 6.16. The quantitative estimate of drug-likeness (QED) is 0.111. The molecule has 0 aromatic heterocycles. The van der Waals surface area contributed by atoms with Crippen LogP contribution in [-0.4, -0.2) is 131 Å². The summed E-state index contributed by atoms with van der Waals surface area (Å²) in [5, 5.41) is 99.8. The third-order valence-corrected chi connectivity index (χ3v) is 7.20. The van der Waals surface area contributed by atoms with Crippen molar-refractivity contribution in [1.82, 2.24) is 0 Å². The van der Waals surface area contributed by atoms with Crippen molar-refractivity contribution in [1.29, 1.82) is 0 Å². The maximum absolute atomic E-state index is 13.4. The van der Waals surface area contributed by atoms with Gasteiger partial charge < -0.3 is 74.7 Å². The van der Waals surface area contributed by atoms with Gasteiger partial charge in [-0.05, 0) is 23.8 Å². The molecule has 3 aliphatic heterocycles. The monoisotopic (exact) mass is 610 g/mol. The second-order valence-electron chi connectivity index (χ2n) is 10.1. The molecule has 2 aromatic carbocycles. The fourth-order valence-electron chi connectivity index (χ4n) is 4.78. The van der Waals surface area contributed by atoms with Crippen LogP contribution in [0.25, 0.3) is 6.08 Å². The third-order valence-electron chi connectivity index (χ3n) is 7.20. The van der Waals surface area contributed by atoms with Crippen molar-refractivity contribution in [2.45, 2.75) is 61.4 Å². The van der Waals surface area contributed by atoms with E-state index in [-0.39, 0.29) is 34.1 Å². The first-order valence-electron chi connectivity index (χ1n) is 13.0. The number of aliphatic hydroxyl groups excluding tert-OH is 8. The highest BCUT2D eigenvalue weighted by Crippen LogP contribution is 2.43. The third kappa shape index (κ3) is 5.85. The molecule has 5 rings (SSSR count). The average Bonchev–Trinajstić information content (AvgIpc) is 3.29. The van der Waals surface area contributed by atoms with Crippen molar-refractivity contribution < 1.29 is 79.5 Å². The van der Waals surface area contributed by atoms with Gasteiger partial charge in [0.2, 0.25) is 18.4 Å². The number of phenols is 2. The molecule has 43 heavy (non-hydrogen) atoms. The van der Waals surface area contributed by atoms with Gasteiger partial charge in [0.25, 0.3) is 0 Å². The van der Waals surface area contributed by atoms with Crippen LogP contribution in [-0.2, 0) is 9.47 Å². The topological polar surface area (TPSA) is 266 Å². The molecule has 2 saturated heterocycles. The Morgan fingerprint density at radius 1 is 0.721 bits per heavy atom. The molecule has 0 amide bonds. The maximum Gasteiger partial charge on any atom is 0.235 e. The van der Waals surface area contributed by atoms with Crippen LogP contribution >= 0.6 is 0 Å². The largest absolute Gasteiger partial charge is 0.504 e. The minimum atomic E-state index is -1.85. The molecule has 0 bridgehead atoms. The fourth-order valence-corrected chi connectivity index (χ4v) is 4.78. The molecule has 3 aliphatic rings. The van der Waals surface area contributed by atoms with Crippen LogP contribution in [0.4, 0.5) is 0 Å². The molecular formula is C27H30O16. The number of fused-ring (bicyclic) bond motifs is 1. The lowest BCUT2D eigenvalue weighted by molar-refractivity contribution is -0.278. The van der Waals surface area contributed by atoms with Crippen LogP contribution in [0.15, 0.2) is 36.1 Å². The van der Waals surface area contributed by atoms with Crippen LogP contribution in [0.2, 0.25) is 0 Å². The van der Waals surface area contributed by atoms with Crippen LogP contribution in [0, 0.1) is 0 Å². The van der Waals surface area contributed by atoms with Gasteiger partial charge in [-0.3, -0.25) is 4.79 Å². The lowest BCUT2D eigenvalue weighted by Crippen LogP contribution is -2.60. The average molecular weight is 611 g/mol. The maximum atomic E-state index is 13.4. The fraction of sp³-hybridized carbons (Fsp3) is 0.444. The molecule has 2 aromatic rings. The predicted molar refractivity (Wildman–Crippen MR) is 138 cm³/mol. The molecule has 3 heterocycles. The molecule has 16 nitrogen and oxygen atoms in total. The van der Waals surface area contributed by atoms with Crippen molar-refractivity contribution in [3.63, 3.8) is 0 Å². The van der Waals surface area contributed by atoms with E-state index in [9.17, 15) is 55.9 Å². The van der Waals surface area contributed by atoms with Gasteiger partial charge in [-0.1, -0.05) is 6.07 Å². The van der Waals surface area contributed by atoms with E-state index >= 15 is 0 Å². The number of hydrogen-bond acceptors (Lipinski definition) is 16. The number of hydrogen-bond donors (Lipinski definition) is 10. The van der Waals surface area contributed by atoms with Crippen molar-refractivity contribution in [2.75, 3.05) is 13.2 Å². The number of allylic oxidation sites excluding steroid dienone is 1. The van der Waals surface area contributed by atoms with Gasteiger partial charge in [-0.25, -0.2) is 0 Å². The molecule has 10 N–H and O–H groups in total. The molecule has 16 heteroatoms. The Labute approximate surface area is 242 Å². The zero-order chi connectivity index (χ0) is 31.2. The first-order valence-corrected chi connectivity index (χ1v) is 13.0. The second kappa shape index (κ2) is 12.2. The van der Waals surface area contributed by atoms with Crippen molar-refractivity contribution in [3.05, 3.63) is 47.2 Å². The molecule has 10 atom stereocenters. The van der Waals surface area contributed by atoms with Gasteiger partial charge in [-0.15, -0.1) is 0 Å². The van der Waals surface area contributed by atoms with Crippen molar-refractivity contribution in [2.24, 2.45) is 0 Å². The van der Waals surface area contributed by atoms with E-state index in [0.717, 1.165) is 6.07 Å². The molecule has 0 radical (unpaired) electrons. The number of ketones is 1. The summed E-state index contributed by atoms with van der Waals surface area (Å²) >= 11 is 0. The lowest BCUT2D eigenvalue weighted by Gasteiger charge is -2.40. The van der Waals surface area contributed by atoms with Gasteiger partial charge >= 0.3 is 0 Å². The van der Waals surface area contributed by atoms with Gasteiger partial charge in [0.05, 0.1) is 13.2 Å². The zero-order valence-corrected chi connectivity index (χ0v) is 22.1. The number of carbonyl (C=O) groups excluding carboxylic acids is 1. The van der Waals surface area contributed by atoms with E-state index in [2.05, 4.69) is 0 Å². The summed E-state index contributed by atoms with van der Waals surface area (Å²) in [6, 6.07) is 6.05. The Kier molecular flexibility index (Phi) is 8.77. The van der Waals surface area contributed by atoms with Crippen LogP contribution < -0.4 is 14.2 Å². The Morgan fingerprint density at radius 2 is 1.30 bits per heavy atom. The minimum absolute atomic E-state index is 0.166. The second-order valence-corrected chi connectivity index (χ2v) is 10.1. The predicted octanol–water partition coefficient (Wildman–Crippen LogP) is -2.93. The lowest BCUT2D eigenvalue weighted by atomic mass is 9.99. The molecule has 2 fully saturated rings. The zero-order valence-electron chi connectivity index (χ0n) is 22.1. The summed E-state index contributed by atoms with van der Waals surface area (Å²) < 4.78 is 27.9. The number of Topliss-reactive ketones (excluding diaryl/α,β-unsaturated/α-hetero) is 1. The summed E-state index contributed by atoms with van der Waals surface area (Å²) in [4.78, 5) is 13.4. The highest BCUT2D eigenvalue weighted by atomic mass is 16.7. The van der Waals surface area contributed by atoms with Crippen LogP contribution in [0.5, 0.6) is 28.7 Å². The Balaban J connectivity index is 1.51. The molecule has 0 unspecified atom stereocenters. The SMILES string of the molecule is O=C1/C(=C\c2ccc(O)c(O)c2)Oc2cc(O[C@@H]3O[C@H](CO)[C@@H](O)[C@H](O)[C@H]3O)cc(O[C@@H]3O[C@H](CO)[C@@H](O)[C@H](O)[C@H]3O)c21. The highest BCUT2D eigenvalue weighted by Gasteiger charge is 2.47. The van der Waals surface area contributed by atoms with E-state index in [4.69, 9.17) is 23.7 Å². The van der Waals surface area contributed by atoms with Crippen molar-refractivity contribution >= 4 is 11.9 Å². The number of aromatic hydroxyl groups is 2. The molecular weight excluding hydrogens is 580 g/mol. The molecule has 0 saturated carbocycles. The van der Waals surface area contributed by atoms with Gasteiger partial charge in [0, 0.05) is 12.1 Å². The molecule has 0 aliphatic carbocycles. The summed E-state index contributed by atoms with van der Waals surface area (Å²) in [6.07, 6.45) is -15.3. The summed E-state index contributed by atoms with van der Waals surface area (Å²) in [6.45, 7) is -1.48. The van der Waals surface area contributed by atoms with Crippen molar-refractivity contribution in [3.8, 4) is 28.7 Å². The number of benzene rings is 2. The van der Waals surface area contributed by atoms with Crippen LogP contribution in [0.3, 0.4) is 0 Å². The number of ether oxygens (including phenoxy) is 5.